The van der Waals surface area contributed by atoms with Crippen molar-refractivity contribution in [2.24, 2.45) is 0 Å². The molecular formula is C16H16Br2ClN. The fraction of sp³-hybridized carbons (Fsp3) is 0.250. The van der Waals surface area contributed by atoms with Crippen LogP contribution in [0.3, 0.4) is 0 Å². The highest BCUT2D eigenvalue weighted by molar-refractivity contribution is 9.11. The van der Waals surface area contributed by atoms with E-state index in [4.69, 9.17) is 11.6 Å². The third-order valence-corrected chi connectivity index (χ3v) is 4.54. The monoisotopic (exact) mass is 415 g/mol. The molecule has 1 N–H and O–H groups in total. The summed E-state index contributed by atoms with van der Waals surface area (Å²) < 4.78 is 2.13. The molecular weight excluding hydrogens is 401 g/mol. The first kappa shape index (κ1) is 16.0. The van der Waals surface area contributed by atoms with Crippen molar-refractivity contribution >= 4 is 43.5 Å². The predicted octanol–water partition coefficient (Wildman–Crippen LogP) is 5.68. The third-order valence-electron chi connectivity index (χ3n) is 3.27. The molecule has 4 heteroatoms. The number of nitrogens with one attached hydrogen (secondary N) is 1. The highest BCUT2D eigenvalue weighted by Crippen LogP contribution is 2.28. The van der Waals surface area contributed by atoms with Gasteiger partial charge in [-0.1, -0.05) is 55.6 Å². The average molecular weight is 418 g/mol. The van der Waals surface area contributed by atoms with E-state index in [0.717, 1.165) is 26.0 Å². The van der Waals surface area contributed by atoms with E-state index >= 15 is 0 Å². The van der Waals surface area contributed by atoms with Gasteiger partial charge in [-0.15, -0.1) is 0 Å². The zero-order valence-corrected chi connectivity index (χ0v) is 15.3. The van der Waals surface area contributed by atoms with E-state index in [1.807, 2.05) is 19.2 Å². The molecule has 1 unspecified atom stereocenters. The van der Waals surface area contributed by atoms with Gasteiger partial charge in [0.15, 0.2) is 0 Å². The minimum absolute atomic E-state index is 0.226. The Kier molecular flexibility index (Phi) is 5.67. The average Bonchev–Trinajstić information content (AvgIpc) is 2.36. The first-order valence-electron chi connectivity index (χ1n) is 6.38. The summed E-state index contributed by atoms with van der Waals surface area (Å²) >= 11 is 13.4. The normalized spacial score (nSPS) is 12.4. The minimum Gasteiger partial charge on any atom is -0.313 e. The minimum atomic E-state index is 0.226. The Morgan fingerprint density at radius 2 is 1.75 bits per heavy atom. The first-order chi connectivity index (χ1) is 9.49. The fourth-order valence-electron chi connectivity index (χ4n) is 2.20. The topological polar surface area (TPSA) is 12.0 Å². The summed E-state index contributed by atoms with van der Waals surface area (Å²) in [5.74, 6) is 0. The lowest BCUT2D eigenvalue weighted by molar-refractivity contribution is 0.591. The number of hydrogen-bond donors (Lipinski definition) is 1. The Hall–Kier alpha value is -0.350. The van der Waals surface area contributed by atoms with Crippen LogP contribution in [0.4, 0.5) is 0 Å². The number of benzene rings is 2. The highest BCUT2D eigenvalue weighted by Gasteiger charge is 2.13. The maximum absolute atomic E-state index is 6.33. The molecule has 0 heterocycles. The van der Waals surface area contributed by atoms with E-state index in [-0.39, 0.29) is 6.04 Å². The summed E-state index contributed by atoms with van der Waals surface area (Å²) in [6, 6.07) is 12.8. The maximum atomic E-state index is 6.33. The number of rotatable bonds is 4. The molecule has 0 spiro atoms. The second kappa shape index (κ2) is 7.08. The van der Waals surface area contributed by atoms with Gasteiger partial charge in [-0.2, -0.15) is 0 Å². The molecule has 0 aliphatic carbocycles. The van der Waals surface area contributed by atoms with Crippen LogP contribution in [-0.4, -0.2) is 7.05 Å². The molecule has 106 valence electrons. The molecule has 0 amide bonds. The molecule has 0 radical (unpaired) electrons. The van der Waals surface area contributed by atoms with Gasteiger partial charge in [0.25, 0.3) is 0 Å². The SMILES string of the molecule is CNC(Cc1ccc(C)cc1Cl)c1cc(Br)cc(Br)c1. The first-order valence-corrected chi connectivity index (χ1v) is 8.34. The van der Waals surface area contributed by atoms with Crippen molar-refractivity contribution in [3.8, 4) is 0 Å². The number of hydrogen-bond acceptors (Lipinski definition) is 1. The molecule has 0 saturated carbocycles. The summed E-state index contributed by atoms with van der Waals surface area (Å²) in [6.45, 7) is 2.05. The van der Waals surface area contributed by atoms with E-state index in [9.17, 15) is 0 Å². The molecule has 20 heavy (non-hydrogen) atoms. The van der Waals surface area contributed by atoms with Crippen LogP contribution in [0.2, 0.25) is 5.02 Å². The standard InChI is InChI=1S/C16H16Br2ClN/c1-10-3-4-11(15(19)5-10)8-16(20-2)12-6-13(17)9-14(18)7-12/h3-7,9,16,20H,8H2,1-2H3. The van der Waals surface area contributed by atoms with Crippen molar-refractivity contribution in [1.82, 2.24) is 5.32 Å². The highest BCUT2D eigenvalue weighted by atomic mass is 79.9. The molecule has 0 fully saturated rings. The fourth-order valence-corrected chi connectivity index (χ4v) is 3.84. The Balaban J connectivity index is 2.28. The van der Waals surface area contributed by atoms with Gasteiger partial charge in [-0.3, -0.25) is 0 Å². The second-order valence-corrected chi connectivity index (χ2v) is 7.08. The Morgan fingerprint density at radius 3 is 2.30 bits per heavy atom. The van der Waals surface area contributed by atoms with Gasteiger partial charge in [0, 0.05) is 20.0 Å². The molecule has 2 rings (SSSR count). The Bertz CT molecular complexity index is 593. The van der Waals surface area contributed by atoms with E-state index in [2.05, 4.69) is 68.4 Å². The molecule has 1 atom stereocenters. The molecule has 0 aliphatic heterocycles. The van der Waals surface area contributed by atoms with Gasteiger partial charge in [0.2, 0.25) is 0 Å². The van der Waals surface area contributed by atoms with Crippen molar-refractivity contribution < 1.29 is 0 Å². The van der Waals surface area contributed by atoms with Gasteiger partial charge in [0.1, 0.15) is 0 Å². The summed E-state index contributed by atoms with van der Waals surface area (Å²) in [4.78, 5) is 0. The van der Waals surface area contributed by atoms with E-state index in [1.165, 1.54) is 11.1 Å². The molecule has 0 aliphatic rings. The number of aryl methyl sites for hydroxylation is 1. The van der Waals surface area contributed by atoms with Crippen LogP contribution in [0.25, 0.3) is 0 Å². The van der Waals surface area contributed by atoms with Crippen molar-refractivity contribution in [2.45, 2.75) is 19.4 Å². The van der Waals surface area contributed by atoms with E-state index in [0.29, 0.717) is 0 Å². The Labute approximate surface area is 142 Å². The van der Waals surface area contributed by atoms with Crippen LogP contribution >= 0.6 is 43.5 Å². The van der Waals surface area contributed by atoms with E-state index in [1.54, 1.807) is 0 Å². The lowest BCUT2D eigenvalue weighted by Gasteiger charge is -2.18. The summed E-state index contributed by atoms with van der Waals surface area (Å²) in [5, 5.41) is 4.20. The molecule has 2 aromatic rings. The molecule has 1 nitrogen and oxygen atoms in total. The van der Waals surface area contributed by atoms with Crippen LogP contribution < -0.4 is 5.32 Å². The van der Waals surface area contributed by atoms with Crippen LogP contribution in [-0.2, 0) is 6.42 Å². The molecule has 0 bridgehead atoms. The second-order valence-electron chi connectivity index (χ2n) is 4.84. The predicted molar refractivity (Wildman–Crippen MR) is 93.5 cm³/mol. The zero-order chi connectivity index (χ0) is 14.7. The van der Waals surface area contributed by atoms with Crippen LogP contribution in [0.15, 0.2) is 45.3 Å². The van der Waals surface area contributed by atoms with Gasteiger partial charge in [0.05, 0.1) is 0 Å². The largest absolute Gasteiger partial charge is 0.313 e. The smallest absolute Gasteiger partial charge is 0.0441 e. The number of halogens is 3. The lowest BCUT2D eigenvalue weighted by Crippen LogP contribution is -2.19. The Morgan fingerprint density at radius 1 is 1.10 bits per heavy atom. The lowest BCUT2D eigenvalue weighted by atomic mass is 9.98. The van der Waals surface area contributed by atoms with Crippen LogP contribution in [0, 0.1) is 6.92 Å². The quantitative estimate of drug-likeness (QED) is 0.675. The van der Waals surface area contributed by atoms with Gasteiger partial charge < -0.3 is 5.32 Å². The van der Waals surface area contributed by atoms with Crippen LogP contribution in [0.1, 0.15) is 22.7 Å². The van der Waals surface area contributed by atoms with Gasteiger partial charge in [-0.25, -0.2) is 0 Å². The van der Waals surface area contributed by atoms with Crippen molar-refractivity contribution in [1.29, 1.82) is 0 Å². The van der Waals surface area contributed by atoms with Crippen molar-refractivity contribution in [3.63, 3.8) is 0 Å². The van der Waals surface area contributed by atoms with Crippen LogP contribution in [0.5, 0.6) is 0 Å². The third kappa shape index (κ3) is 4.08. The van der Waals surface area contributed by atoms with Crippen molar-refractivity contribution in [3.05, 3.63) is 67.1 Å². The molecule has 0 aromatic heterocycles. The zero-order valence-electron chi connectivity index (χ0n) is 11.4. The molecule has 0 saturated heterocycles. The summed E-state index contributed by atoms with van der Waals surface area (Å²) in [5.41, 5.74) is 3.57. The van der Waals surface area contributed by atoms with Crippen molar-refractivity contribution in [2.75, 3.05) is 7.05 Å². The van der Waals surface area contributed by atoms with Gasteiger partial charge in [-0.05, 0) is 61.3 Å². The van der Waals surface area contributed by atoms with Gasteiger partial charge >= 0.3 is 0 Å². The van der Waals surface area contributed by atoms with E-state index < -0.39 is 0 Å². The number of likely N-dealkylation sites (N-methyl/N-ethyl adjacent to an activating group) is 1. The summed E-state index contributed by atoms with van der Waals surface area (Å²) in [6.07, 6.45) is 0.860. The summed E-state index contributed by atoms with van der Waals surface area (Å²) in [7, 11) is 1.97. The maximum Gasteiger partial charge on any atom is 0.0441 e. The molecule has 2 aromatic carbocycles.